The van der Waals surface area contributed by atoms with Gasteiger partial charge in [0.2, 0.25) is 5.91 Å². The Morgan fingerprint density at radius 2 is 1.66 bits per heavy atom. The summed E-state index contributed by atoms with van der Waals surface area (Å²) in [6.07, 6.45) is -0.758. The molecule has 0 aliphatic carbocycles. The highest BCUT2D eigenvalue weighted by Gasteiger charge is 2.37. The summed E-state index contributed by atoms with van der Waals surface area (Å²) in [4.78, 5) is 41.4. The van der Waals surface area contributed by atoms with Crippen LogP contribution in [0.3, 0.4) is 0 Å². The van der Waals surface area contributed by atoms with Crippen LogP contribution in [0.4, 0.5) is 10.5 Å². The number of methoxy groups -OCH3 is 1. The highest BCUT2D eigenvalue weighted by atomic mass is 16.6. The number of amides is 3. The molecule has 0 radical (unpaired) electrons. The normalized spacial score (nSPS) is 12.6. The second-order valence-electron chi connectivity index (χ2n) is 10.5. The number of hydrogen-bond donors (Lipinski definition) is 2. The molecule has 0 aliphatic heterocycles. The van der Waals surface area contributed by atoms with E-state index in [4.69, 9.17) is 9.47 Å². The molecule has 0 bridgehead atoms. The molecular weight excluding hydrogens is 484 g/mol. The van der Waals surface area contributed by atoms with Gasteiger partial charge in [0.1, 0.15) is 30.0 Å². The van der Waals surface area contributed by atoms with E-state index in [-0.39, 0.29) is 12.5 Å². The van der Waals surface area contributed by atoms with Crippen molar-refractivity contribution in [1.29, 1.82) is 5.26 Å². The summed E-state index contributed by atoms with van der Waals surface area (Å²) >= 11 is 0. The van der Waals surface area contributed by atoms with E-state index in [0.29, 0.717) is 17.0 Å². The first-order chi connectivity index (χ1) is 17.8. The lowest BCUT2D eigenvalue weighted by Gasteiger charge is -2.34. The van der Waals surface area contributed by atoms with E-state index in [1.807, 2.05) is 32.0 Å². The molecule has 2 atom stereocenters. The van der Waals surface area contributed by atoms with Gasteiger partial charge in [-0.05, 0) is 81.5 Å². The molecule has 0 aliphatic rings. The van der Waals surface area contributed by atoms with Crippen LogP contribution in [0.5, 0.6) is 5.75 Å². The van der Waals surface area contributed by atoms with Crippen LogP contribution in [-0.4, -0.2) is 48.1 Å². The Labute approximate surface area is 225 Å². The molecule has 2 aromatic carbocycles. The Morgan fingerprint density at radius 1 is 1.03 bits per heavy atom. The average Bonchev–Trinajstić information content (AvgIpc) is 2.83. The maximum absolute atomic E-state index is 13.9. The van der Waals surface area contributed by atoms with Gasteiger partial charge in [-0.3, -0.25) is 9.59 Å². The summed E-state index contributed by atoms with van der Waals surface area (Å²) in [5.74, 6) is -0.786. The fourth-order valence-corrected chi connectivity index (χ4v) is 3.79. The van der Waals surface area contributed by atoms with Crippen molar-refractivity contribution in [2.24, 2.45) is 5.92 Å². The number of nitrogens with one attached hydrogen (secondary N) is 2. The molecule has 38 heavy (non-hydrogen) atoms. The number of carbonyl (C=O) groups excluding carboxylic acids is 3. The van der Waals surface area contributed by atoms with Gasteiger partial charge in [0.15, 0.2) is 0 Å². The molecule has 3 amide bonds. The number of nitrogens with zero attached hydrogens (tertiary/aromatic N) is 2. The van der Waals surface area contributed by atoms with Crippen LogP contribution >= 0.6 is 0 Å². The molecular formula is C29H38N4O5. The molecule has 2 rings (SSSR count). The fraction of sp³-hybridized carbons (Fsp3) is 0.448. The van der Waals surface area contributed by atoms with E-state index in [0.717, 1.165) is 11.1 Å². The number of rotatable bonds is 9. The minimum absolute atomic E-state index is 0.346. The van der Waals surface area contributed by atoms with Crippen molar-refractivity contribution in [3.8, 4) is 11.8 Å². The Balaban J connectivity index is 2.51. The molecule has 9 nitrogen and oxygen atoms in total. The number of carbonyl (C=O) groups is 3. The lowest BCUT2D eigenvalue weighted by Crippen LogP contribution is -2.54. The number of alkyl carbamates (subject to hydrolysis) is 1. The van der Waals surface area contributed by atoms with E-state index in [1.165, 1.54) is 4.90 Å². The monoisotopic (exact) mass is 522 g/mol. The highest BCUT2D eigenvalue weighted by molar-refractivity contribution is 5.99. The molecule has 2 unspecified atom stereocenters. The molecule has 0 spiro atoms. The predicted octanol–water partition coefficient (Wildman–Crippen LogP) is 4.89. The van der Waals surface area contributed by atoms with Gasteiger partial charge in [0.05, 0.1) is 13.2 Å². The lowest BCUT2D eigenvalue weighted by molar-refractivity contribution is -0.140. The van der Waals surface area contributed by atoms with Gasteiger partial charge in [-0.25, -0.2) is 4.79 Å². The summed E-state index contributed by atoms with van der Waals surface area (Å²) in [5.41, 5.74) is 2.24. The van der Waals surface area contributed by atoms with E-state index < -0.39 is 35.6 Å². The summed E-state index contributed by atoms with van der Waals surface area (Å²) in [6, 6.07) is 12.1. The van der Waals surface area contributed by atoms with Crippen LogP contribution in [-0.2, 0) is 14.3 Å². The maximum Gasteiger partial charge on any atom is 0.408 e. The number of nitriles is 1. The smallest absolute Gasteiger partial charge is 0.408 e. The second kappa shape index (κ2) is 13.0. The van der Waals surface area contributed by atoms with Crippen molar-refractivity contribution in [1.82, 2.24) is 10.2 Å². The third-order valence-electron chi connectivity index (χ3n) is 5.89. The molecule has 0 fully saturated rings. The molecule has 0 heterocycles. The first kappa shape index (κ1) is 30.2. The highest BCUT2D eigenvalue weighted by Crippen LogP contribution is 2.27. The quantitative estimate of drug-likeness (QED) is 0.452. The van der Waals surface area contributed by atoms with Gasteiger partial charge in [0.25, 0.3) is 5.91 Å². The van der Waals surface area contributed by atoms with Crippen LogP contribution in [0.15, 0.2) is 42.5 Å². The van der Waals surface area contributed by atoms with Crippen molar-refractivity contribution >= 4 is 23.6 Å². The standard InChI is InChI=1S/C29H38N4O5/c1-18(2)24(32-28(36)38-29(5,6)7)27(35)33(16-15-30)25(21-10-9-19(3)20(4)17-21)26(34)31-22-11-13-23(37-8)14-12-22/h9-14,17-18,24-25H,16H2,1-8H3,(H,31,34)(H,32,36). The van der Waals surface area contributed by atoms with E-state index in [1.54, 1.807) is 72.1 Å². The van der Waals surface area contributed by atoms with E-state index >= 15 is 0 Å². The summed E-state index contributed by atoms with van der Waals surface area (Å²) < 4.78 is 10.5. The fourth-order valence-electron chi connectivity index (χ4n) is 3.79. The summed E-state index contributed by atoms with van der Waals surface area (Å²) in [5, 5.41) is 15.1. The lowest BCUT2D eigenvalue weighted by atomic mass is 9.96. The molecule has 2 N–H and O–H groups in total. The van der Waals surface area contributed by atoms with Gasteiger partial charge < -0.3 is 25.0 Å². The number of aryl methyl sites for hydroxylation is 2. The van der Waals surface area contributed by atoms with Crippen LogP contribution < -0.4 is 15.4 Å². The van der Waals surface area contributed by atoms with Crippen LogP contribution in [0.25, 0.3) is 0 Å². The minimum Gasteiger partial charge on any atom is -0.497 e. The van der Waals surface area contributed by atoms with Crippen molar-refractivity contribution in [3.05, 3.63) is 59.2 Å². The molecule has 0 saturated heterocycles. The average molecular weight is 523 g/mol. The van der Waals surface area contributed by atoms with Gasteiger partial charge in [-0.2, -0.15) is 5.26 Å². The molecule has 0 aromatic heterocycles. The van der Waals surface area contributed by atoms with Gasteiger partial charge in [0, 0.05) is 5.69 Å². The number of hydrogen-bond acceptors (Lipinski definition) is 6. The summed E-state index contributed by atoms with van der Waals surface area (Å²) in [7, 11) is 1.55. The number of benzene rings is 2. The first-order valence-corrected chi connectivity index (χ1v) is 12.5. The zero-order chi connectivity index (χ0) is 28.6. The number of ether oxygens (including phenoxy) is 2. The Kier molecular flexibility index (Phi) is 10.3. The van der Waals surface area contributed by atoms with Crippen molar-refractivity contribution in [2.75, 3.05) is 19.0 Å². The maximum atomic E-state index is 13.9. The van der Waals surface area contributed by atoms with E-state index in [9.17, 15) is 19.6 Å². The van der Waals surface area contributed by atoms with Gasteiger partial charge in [-0.15, -0.1) is 0 Å². The predicted molar refractivity (Wildman–Crippen MR) is 146 cm³/mol. The third kappa shape index (κ3) is 8.23. The van der Waals surface area contributed by atoms with Crippen LogP contribution in [0.1, 0.15) is 57.4 Å². The van der Waals surface area contributed by atoms with Gasteiger partial charge in [-0.1, -0.05) is 32.0 Å². The van der Waals surface area contributed by atoms with Crippen molar-refractivity contribution in [3.63, 3.8) is 0 Å². The second-order valence-corrected chi connectivity index (χ2v) is 10.5. The first-order valence-electron chi connectivity index (χ1n) is 12.5. The van der Waals surface area contributed by atoms with Crippen LogP contribution in [0.2, 0.25) is 0 Å². The Morgan fingerprint density at radius 3 is 2.16 bits per heavy atom. The van der Waals surface area contributed by atoms with Gasteiger partial charge >= 0.3 is 6.09 Å². The molecule has 0 saturated carbocycles. The minimum atomic E-state index is -1.13. The topological polar surface area (TPSA) is 121 Å². The van der Waals surface area contributed by atoms with E-state index in [2.05, 4.69) is 10.6 Å². The SMILES string of the molecule is COc1ccc(NC(=O)C(c2ccc(C)c(C)c2)N(CC#N)C(=O)C(NC(=O)OC(C)(C)C)C(C)C)cc1. The number of anilines is 1. The van der Waals surface area contributed by atoms with Crippen molar-refractivity contribution < 1.29 is 23.9 Å². The van der Waals surface area contributed by atoms with Crippen molar-refractivity contribution in [2.45, 2.75) is 66.2 Å². The Bertz CT molecular complexity index is 1180. The largest absolute Gasteiger partial charge is 0.497 e. The molecule has 2 aromatic rings. The third-order valence-corrected chi connectivity index (χ3v) is 5.89. The Hall–Kier alpha value is -4.06. The summed E-state index contributed by atoms with van der Waals surface area (Å²) in [6.45, 7) is 12.2. The molecule has 9 heteroatoms. The molecule has 204 valence electrons. The zero-order valence-corrected chi connectivity index (χ0v) is 23.4. The zero-order valence-electron chi connectivity index (χ0n) is 23.4. The van der Waals surface area contributed by atoms with Crippen LogP contribution in [0, 0.1) is 31.1 Å².